The highest BCUT2D eigenvalue weighted by molar-refractivity contribution is 5.62. The van der Waals surface area contributed by atoms with E-state index < -0.39 is 0 Å². The maximum atomic E-state index is 4.49. The van der Waals surface area contributed by atoms with Gasteiger partial charge in [0.15, 0.2) is 0 Å². The van der Waals surface area contributed by atoms with Crippen molar-refractivity contribution in [1.29, 1.82) is 0 Å². The Morgan fingerprint density at radius 1 is 0.714 bits per heavy atom. The van der Waals surface area contributed by atoms with Crippen LogP contribution < -0.4 is 0 Å². The quantitative estimate of drug-likeness (QED) is 0.225. The summed E-state index contributed by atoms with van der Waals surface area (Å²) in [6.07, 6.45) is 2.08. The van der Waals surface area contributed by atoms with Crippen LogP contribution in [0.5, 0.6) is 0 Å². The summed E-state index contributed by atoms with van der Waals surface area (Å²) in [6.45, 7) is 3.90. The van der Waals surface area contributed by atoms with E-state index in [1.165, 1.54) is 22.3 Å². The van der Waals surface area contributed by atoms with E-state index in [-0.39, 0.29) is 5.54 Å². The zero-order valence-corrected chi connectivity index (χ0v) is 19.8. The fourth-order valence-corrected chi connectivity index (χ4v) is 5.37. The molecule has 0 saturated carbocycles. The van der Waals surface area contributed by atoms with E-state index in [4.69, 9.17) is 0 Å². The van der Waals surface area contributed by atoms with Crippen molar-refractivity contribution in [3.05, 3.63) is 144 Å². The van der Waals surface area contributed by atoms with Crippen LogP contribution in [-0.2, 0) is 12.1 Å². The predicted molar refractivity (Wildman–Crippen MR) is 140 cm³/mol. The zero-order chi connectivity index (χ0) is 23.7. The molecular weight excluding hydrogens is 428 g/mol. The van der Waals surface area contributed by atoms with Crippen molar-refractivity contribution in [2.24, 2.45) is 0 Å². The summed E-state index contributed by atoms with van der Waals surface area (Å²) in [5.41, 5.74) is 6.74. The molecular formula is C31H28N4. The highest BCUT2D eigenvalue weighted by atomic mass is 15.5. The number of hydrogen-bond donors (Lipinski definition) is 0. The van der Waals surface area contributed by atoms with Crippen LogP contribution in [0, 0.1) is 6.92 Å². The van der Waals surface area contributed by atoms with Gasteiger partial charge >= 0.3 is 0 Å². The molecule has 0 amide bonds. The summed E-state index contributed by atoms with van der Waals surface area (Å²) in [4.78, 5) is 2.60. The van der Waals surface area contributed by atoms with Crippen LogP contribution in [-0.4, -0.2) is 32.5 Å². The van der Waals surface area contributed by atoms with Crippen molar-refractivity contribution in [1.82, 2.24) is 19.9 Å². The van der Waals surface area contributed by atoms with Crippen LogP contribution in [0.3, 0.4) is 0 Å². The van der Waals surface area contributed by atoms with Crippen molar-refractivity contribution in [3.8, 4) is 11.3 Å². The van der Waals surface area contributed by atoms with Gasteiger partial charge in [-0.3, -0.25) is 9.58 Å². The van der Waals surface area contributed by atoms with Crippen molar-refractivity contribution in [2.45, 2.75) is 25.0 Å². The maximum Gasteiger partial charge on any atom is 0.113 e. The van der Waals surface area contributed by atoms with Gasteiger partial charge in [-0.05, 0) is 29.2 Å². The first-order chi connectivity index (χ1) is 17.3. The number of nitrogens with zero attached hydrogens (tertiary/aromatic N) is 4. The van der Waals surface area contributed by atoms with Gasteiger partial charge in [0.1, 0.15) is 5.69 Å². The smallest absolute Gasteiger partial charge is 0.113 e. The lowest BCUT2D eigenvalue weighted by atomic mass is 9.76. The Labute approximate surface area is 206 Å². The average Bonchev–Trinajstić information content (AvgIpc) is 3.52. The lowest BCUT2D eigenvalue weighted by Crippen LogP contribution is -2.39. The third-order valence-corrected chi connectivity index (χ3v) is 7.08. The molecule has 35 heavy (non-hydrogen) atoms. The molecule has 1 aromatic heterocycles. The standard InChI is InChI=1S/C31H28N4/c1-24-13-11-12-20-29(24)30-23-34(33-32-30)21-28-22-35(28)31(25-14-5-2-6-15-25,26-16-7-3-8-17-26)27-18-9-4-10-19-27/h2-20,23,28H,21-22H2,1H3/t28-,35?/m1/s1. The van der Waals surface area contributed by atoms with Gasteiger partial charge in [0.05, 0.1) is 18.3 Å². The second-order valence-corrected chi connectivity index (χ2v) is 9.26. The van der Waals surface area contributed by atoms with Crippen LogP contribution in [0.2, 0.25) is 0 Å². The van der Waals surface area contributed by atoms with Crippen LogP contribution in [0.25, 0.3) is 11.3 Å². The van der Waals surface area contributed by atoms with Crippen LogP contribution in [0.15, 0.2) is 121 Å². The molecule has 5 aromatic rings. The second-order valence-electron chi connectivity index (χ2n) is 9.26. The molecule has 1 aliphatic rings. The highest BCUT2D eigenvalue weighted by Crippen LogP contribution is 2.48. The lowest BCUT2D eigenvalue weighted by molar-refractivity contribution is 0.306. The largest absolute Gasteiger partial charge is 0.278 e. The van der Waals surface area contributed by atoms with Crippen molar-refractivity contribution >= 4 is 0 Å². The summed E-state index contributed by atoms with van der Waals surface area (Å²) in [7, 11) is 0. The van der Waals surface area contributed by atoms with Crippen LogP contribution in [0.1, 0.15) is 22.3 Å². The molecule has 4 aromatic carbocycles. The minimum Gasteiger partial charge on any atom is -0.278 e. The van der Waals surface area contributed by atoms with Crippen LogP contribution in [0.4, 0.5) is 0 Å². The Morgan fingerprint density at radius 2 is 1.23 bits per heavy atom. The molecule has 6 rings (SSSR count). The first-order valence-electron chi connectivity index (χ1n) is 12.2. The molecule has 0 spiro atoms. The summed E-state index contributed by atoms with van der Waals surface area (Å²) >= 11 is 0. The molecule has 0 radical (unpaired) electrons. The Balaban J connectivity index is 1.38. The zero-order valence-electron chi connectivity index (χ0n) is 19.8. The van der Waals surface area contributed by atoms with E-state index in [9.17, 15) is 0 Å². The Hall–Kier alpha value is -4.02. The molecule has 1 saturated heterocycles. The first kappa shape index (κ1) is 21.5. The molecule has 4 heteroatoms. The third-order valence-electron chi connectivity index (χ3n) is 7.08. The Kier molecular flexibility index (Phi) is 5.51. The third kappa shape index (κ3) is 3.86. The van der Waals surface area contributed by atoms with E-state index in [0.717, 1.165) is 24.3 Å². The van der Waals surface area contributed by atoms with Gasteiger partial charge in [-0.25, -0.2) is 0 Å². The molecule has 172 valence electrons. The summed E-state index contributed by atoms with van der Waals surface area (Å²) in [6, 6.07) is 41.3. The molecule has 1 fully saturated rings. The van der Waals surface area contributed by atoms with E-state index in [2.05, 4.69) is 144 Å². The van der Waals surface area contributed by atoms with Gasteiger partial charge in [-0.15, -0.1) is 5.10 Å². The Bertz CT molecular complexity index is 1310. The molecule has 4 nitrogen and oxygen atoms in total. The van der Waals surface area contributed by atoms with E-state index in [1.54, 1.807) is 0 Å². The molecule has 1 aliphatic heterocycles. The van der Waals surface area contributed by atoms with Gasteiger partial charge < -0.3 is 0 Å². The topological polar surface area (TPSA) is 33.7 Å². The SMILES string of the molecule is Cc1ccccc1-c1cn(C[C@@H]2CN2C(c2ccccc2)(c2ccccc2)c2ccccc2)nn1. The normalized spacial score (nSPS) is 17.3. The van der Waals surface area contributed by atoms with Gasteiger partial charge in [0, 0.05) is 18.2 Å². The van der Waals surface area contributed by atoms with E-state index >= 15 is 0 Å². The second kappa shape index (κ2) is 8.97. The van der Waals surface area contributed by atoms with Gasteiger partial charge in [-0.1, -0.05) is 120 Å². The van der Waals surface area contributed by atoms with Gasteiger partial charge in [0.2, 0.25) is 0 Å². The number of aromatic nitrogens is 3. The fourth-order valence-electron chi connectivity index (χ4n) is 5.37. The number of hydrogen-bond acceptors (Lipinski definition) is 3. The monoisotopic (exact) mass is 456 g/mol. The number of aryl methyl sites for hydroxylation is 1. The van der Waals surface area contributed by atoms with Gasteiger partial charge in [-0.2, -0.15) is 0 Å². The van der Waals surface area contributed by atoms with Crippen LogP contribution >= 0.6 is 0 Å². The molecule has 2 atom stereocenters. The van der Waals surface area contributed by atoms with E-state index in [1.807, 2.05) is 4.68 Å². The van der Waals surface area contributed by atoms with Gasteiger partial charge in [0.25, 0.3) is 0 Å². The number of benzene rings is 4. The minimum absolute atomic E-state index is 0.349. The lowest BCUT2D eigenvalue weighted by Gasteiger charge is -2.38. The fraction of sp³-hybridized carbons (Fsp3) is 0.161. The number of rotatable bonds is 7. The van der Waals surface area contributed by atoms with Crippen molar-refractivity contribution < 1.29 is 0 Å². The molecule has 0 N–H and O–H groups in total. The summed E-state index contributed by atoms with van der Waals surface area (Å²) in [5, 5.41) is 8.97. The first-order valence-corrected chi connectivity index (χ1v) is 12.2. The summed E-state index contributed by atoms with van der Waals surface area (Å²) < 4.78 is 2.00. The van der Waals surface area contributed by atoms with Crippen molar-refractivity contribution in [3.63, 3.8) is 0 Å². The predicted octanol–water partition coefficient (Wildman–Crippen LogP) is 5.93. The summed E-state index contributed by atoms with van der Waals surface area (Å²) in [5.74, 6) is 0. The Morgan fingerprint density at radius 3 is 1.77 bits per heavy atom. The molecule has 2 heterocycles. The molecule has 0 bridgehead atoms. The minimum atomic E-state index is -0.367. The molecule has 1 unspecified atom stereocenters. The maximum absolute atomic E-state index is 4.49. The highest BCUT2D eigenvalue weighted by Gasteiger charge is 2.53. The van der Waals surface area contributed by atoms with E-state index in [0.29, 0.717) is 6.04 Å². The van der Waals surface area contributed by atoms with Crippen molar-refractivity contribution in [2.75, 3.05) is 6.54 Å². The average molecular weight is 457 g/mol. The molecule has 0 aliphatic carbocycles.